The van der Waals surface area contributed by atoms with Crippen molar-refractivity contribution in [3.05, 3.63) is 24.8 Å². The van der Waals surface area contributed by atoms with E-state index in [1.54, 1.807) is 13.8 Å². The van der Waals surface area contributed by atoms with Crippen molar-refractivity contribution in [2.24, 2.45) is 0 Å². The molecule has 16 heavy (non-hydrogen) atoms. The Hall–Kier alpha value is -1.62. The predicted octanol–water partition coefficient (Wildman–Crippen LogP) is 0.833. The molecule has 0 aromatic heterocycles. The summed E-state index contributed by atoms with van der Waals surface area (Å²) in [5, 5.41) is 8.10. The highest BCUT2D eigenvalue weighted by Gasteiger charge is 1.98. The van der Waals surface area contributed by atoms with Crippen LogP contribution < -0.4 is 0 Å². The van der Waals surface area contributed by atoms with Gasteiger partial charge in [-0.3, -0.25) is 0 Å². The van der Waals surface area contributed by atoms with Crippen LogP contribution in [0.4, 0.5) is 0 Å². The lowest BCUT2D eigenvalue weighted by Crippen LogP contribution is -2.04. The van der Waals surface area contributed by atoms with Crippen molar-refractivity contribution in [1.82, 2.24) is 0 Å². The largest absolute Gasteiger partial charge is 0.463 e. The molecule has 0 bridgehead atoms. The smallest absolute Gasteiger partial charge is 0.333 e. The zero-order valence-electron chi connectivity index (χ0n) is 9.69. The van der Waals surface area contributed by atoms with Crippen LogP contribution in [0.1, 0.15) is 13.8 Å². The van der Waals surface area contributed by atoms with Crippen molar-refractivity contribution in [3.63, 3.8) is 0 Å². The van der Waals surface area contributed by atoms with E-state index in [0.717, 1.165) is 6.08 Å². The summed E-state index contributed by atoms with van der Waals surface area (Å²) >= 11 is 0. The third-order valence-corrected chi connectivity index (χ3v) is 1.13. The van der Waals surface area contributed by atoms with Gasteiger partial charge in [0, 0.05) is 11.6 Å². The first-order valence-corrected chi connectivity index (χ1v) is 4.72. The molecule has 0 heterocycles. The maximum Gasteiger partial charge on any atom is 0.333 e. The molecule has 1 N–H and O–H groups in total. The highest BCUT2D eigenvalue weighted by atomic mass is 16.5. The lowest BCUT2D eigenvalue weighted by Gasteiger charge is -1.96. The number of rotatable bonds is 5. The van der Waals surface area contributed by atoms with Gasteiger partial charge in [-0.15, -0.1) is 0 Å². The van der Waals surface area contributed by atoms with E-state index in [4.69, 9.17) is 5.11 Å². The van der Waals surface area contributed by atoms with Gasteiger partial charge >= 0.3 is 11.9 Å². The van der Waals surface area contributed by atoms with Crippen LogP contribution in [-0.2, 0) is 19.1 Å². The summed E-state index contributed by atoms with van der Waals surface area (Å²) in [6.45, 7) is 10.3. The van der Waals surface area contributed by atoms with Crippen LogP contribution in [0.5, 0.6) is 0 Å². The van der Waals surface area contributed by atoms with E-state index in [0.29, 0.717) is 12.2 Å². The average Bonchev–Trinajstić information content (AvgIpc) is 2.27. The van der Waals surface area contributed by atoms with Crippen LogP contribution in [0.25, 0.3) is 0 Å². The maximum atomic E-state index is 10.4. The van der Waals surface area contributed by atoms with Crippen LogP contribution in [-0.4, -0.2) is 36.9 Å². The average molecular weight is 230 g/mol. The van der Waals surface area contributed by atoms with Gasteiger partial charge in [-0.2, -0.15) is 0 Å². The summed E-state index contributed by atoms with van der Waals surface area (Å²) in [4.78, 5) is 20.5. The van der Waals surface area contributed by atoms with Gasteiger partial charge in [0.15, 0.2) is 0 Å². The third kappa shape index (κ3) is 12.4. The number of aliphatic hydroxyl groups is 1. The van der Waals surface area contributed by atoms with E-state index in [1.807, 2.05) is 0 Å². The fourth-order valence-electron chi connectivity index (χ4n) is 0.459. The van der Waals surface area contributed by atoms with Gasteiger partial charge in [-0.1, -0.05) is 13.2 Å². The number of ether oxygens (including phenoxy) is 2. The second-order valence-electron chi connectivity index (χ2n) is 2.60. The van der Waals surface area contributed by atoms with Crippen molar-refractivity contribution in [2.75, 3.05) is 19.8 Å². The summed E-state index contributed by atoms with van der Waals surface area (Å²) in [7, 11) is 0. The highest BCUT2D eigenvalue weighted by molar-refractivity contribution is 5.86. The molecule has 0 unspecified atom stereocenters. The predicted molar refractivity (Wildman–Crippen MR) is 59.7 cm³/mol. The molecule has 0 amide bonds. The zero-order chi connectivity index (χ0) is 13.0. The fraction of sp³-hybridized carbons (Fsp3) is 0.455. The zero-order valence-corrected chi connectivity index (χ0v) is 9.69. The molecule has 0 aliphatic carbocycles. The summed E-state index contributed by atoms with van der Waals surface area (Å²) in [5.41, 5.74) is 0.451. The first kappa shape index (κ1) is 16.8. The number of hydrogen-bond donors (Lipinski definition) is 1. The van der Waals surface area contributed by atoms with Gasteiger partial charge in [0.25, 0.3) is 0 Å². The Labute approximate surface area is 95.4 Å². The minimum atomic E-state index is -0.501. The van der Waals surface area contributed by atoms with Gasteiger partial charge in [-0.25, -0.2) is 9.59 Å². The Morgan fingerprint density at radius 3 is 2.19 bits per heavy atom. The molecular weight excluding hydrogens is 212 g/mol. The molecule has 0 atom stereocenters. The van der Waals surface area contributed by atoms with Crippen LogP contribution in [0.15, 0.2) is 24.8 Å². The monoisotopic (exact) mass is 230 g/mol. The molecule has 5 heteroatoms. The molecule has 92 valence electrons. The van der Waals surface area contributed by atoms with Crippen molar-refractivity contribution in [1.29, 1.82) is 0 Å². The molecule has 0 aromatic carbocycles. The van der Waals surface area contributed by atoms with E-state index in [1.165, 1.54) is 0 Å². The first-order chi connectivity index (χ1) is 7.49. The van der Waals surface area contributed by atoms with E-state index >= 15 is 0 Å². The fourth-order valence-corrected chi connectivity index (χ4v) is 0.459. The van der Waals surface area contributed by atoms with Crippen LogP contribution in [0, 0.1) is 0 Å². The van der Waals surface area contributed by atoms with Gasteiger partial charge in [0.1, 0.15) is 6.61 Å². The van der Waals surface area contributed by atoms with Crippen molar-refractivity contribution < 1.29 is 24.2 Å². The van der Waals surface area contributed by atoms with Crippen molar-refractivity contribution in [2.45, 2.75) is 13.8 Å². The number of carbonyl (C=O) groups excluding carboxylic acids is 2. The molecule has 0 saturated heterocycles. The molecule has 0 radical (unpaired) electrons. The van der Waals surface area contributed by atoms with E-state index < -0.39 is 5.97 Å². The van der Waals surface area contributed by atoms with E-state index in [2.05, 4.69) is 22.6 Å². The number of carbonyl (C=O) groups is 2. The molecule has 0 aromatic rings. The number of esters is 2. The molecule has 0 saturated carbocycles. The second kappa shape index (κ2) is 11.5. The van der Waals surface area contributed by atoms with Gasteiger partial charge in [0.05, 0.1) is 13.2 Å². The van der Waals surface area contributed by atoms with Crippen LogP contribution in [0.3, 0.4) is 0 Å². The highest BCUT2D eigenvalue weighted by Crippen LogP contribution is 1.89. The molecule has 0 spiro atoms. The normalized spacial score (nSPS) is 8.19. The Kier molecular flexibility index (Phi) is 12.0. The lowest BCUT2D eigenvalue weighted by atomic mass is 10.4. The molecule has 0 aliphatic heterocycles. The van der Waals surface area contributed by atoms with Crippen molar-refractivity contribution >= 4 is 11.9 Å². The van der Waals surface area contributed by atoms with Crippen LogP contribution in [0.2, 0.25) is 0 Å². The van der Waals surface area contributed by atoms with E-state index in [9.17, 15) is 9.59 Å². The minimum Gasteiger partial charge on any atom is -0.463 e. The molecule has 0 rings (SSSR count). The van der Waals surface area contributed by atoms with Crippen molar-refractivity contribution in [3.8, 4) is 0 Å². The standard InChI is InChI=1S/C6H10O2.C5H8O3/c1-4-8-6(7)5(2)3;1-2-5(7)8-4-3-6/h2,4H2,1,3H3;2,6H,1,3-4H2. The Bertz CT molecular complexity index is 243. The summed E-state index contributed by atoms with van der Waals surface area (Å²) in [6, 6.07) is 0. The Balaban J connectivity index is 0. The Morgan fingerprint density at radius 2 is 1.94 bits per heavy atom. The third-order valence-electron chi connectivity index (χ3n) is 1.13. The Morgan fingerprint density at radius 1 is 1.38 bits per heavy atom. The topological polar surface area (TPSA) is 72.8 Å². The summed E-state index contributed by atoms with van der Waals surface area (Å²) in [6.07, 6.45) is 1.05. The minimum absolute atomic E-state index is 0.0465. The lowest BCUT2D eigenvalue weighted by molar-refractivity contribution is -0.139. The number of hydrogen-bond acceptors (Lipinski definition) is 5. The maximum absolute atomic E-state index is 10.4. The number of aliphatic hydroxyl groups excluding tert-OH is 1. The molecule has 0 aliphatic rings. The van der Waals surface area contributed by atoms with Gasteiger partial charge < -0.3 is 14.6 Å². The van der Waals surface area contributed by atoms with Crippen LogP contribution >= 0.6 is 0 Å². The first-order valence-electron chi connectivity index (χ1n) is 4.72. The SMILES string of the molecule is C=C(C)C(=O)OCC.C=CC(=O)OCCO. The molecule has 5 nitrogen and oxygen atoms in total. The molecule has 0 fully saturated rings. The second-order valence-corrected chi connectivity index (χ2v) is 2.60. The quantitative estimate of drug-likeness (QED) is 0.559. The van der Waals surface area contributed by atoms with Gasteiger partial charge in [0.2, 0.25) is 0 Å². The van der Waals surface area contributed by atoms with Gasteiger partial charge in [-0.05, 0) is 13.8 Å². The van der Waals surface area contributed by atoms with E-state index in [-0.39, 0.29) is 19.2 Å². The molecular formula is C11H18O5. The summed E-state index contributed by atoms with van der Waals surface area (Å²) < 4.78 is 8.90. The summed E-state index contributed by atoms with van der Waals surface area (Å²) in [5.74, 6) is -0.813.